The zero-order valence-corrected chi connectivity index (χ0v) is 11.7. The van der Waals surface area contributed by atoms with Crippen molar-refractivity contribution in [3.63, 3.8) is 0 Å². The minimum absolute atomic E-state index is 0.0647. The maximum Gasteiger partial charge on any atom is 0.391 e. The summed E-state index contributed by atoms with van der Waals surface area (Å²) in [5, 5.41) is 9.79. The molecule has 0 saturated heterocycles. The summed E-state index contributed by atoms with van der Waals surface area (Å²) in [6, 6.07) is 0. The summed E-state index contributed by atoms with van der Waals surface area (Å²) in [6.45, 7) is 3.59. The smallest absolute Gasteiger partial charge is 0.391 e. The normalized spacial score (nSPS) is 25.7. The van der Waals surface area contributed by atoms with Crippen LogP contribution >= 0.6 is 0 Å². The molecule has 1 aliphatic rings. The average Bonchev–Trinajstić information content (AvgIpc) is 2.79. The van der Waals surface area contributed by atoms with Crippen LogP contribution in [0.3, 0.4) is 0 Å². The second kappa shape index (κ2) is 5.76. The van der Waals surface area contributed by atoms with E-state index in [0.29, 0.717) is 36.6 Å². The van der Waals surface area contributed by atoms with Crippen LogP contribution in [-0.4, -0.2) is 16.3 Å². The summed E-state index contributed by atoms with van der Waals surface area (Å²) in [5.41, 5.74) is 0.632. The Morgan fingerprint density at radius 3 is 2.40 bits per heavy atom. The molecule has 1 unspecified atom stereocenters. The maximum absolute atomic E-state index is 12.6. The molecule has 6 heteroatoms. The van der Waals surface area contributed by atoms with Crippen molar-refractivity contribution >= 4 is 0 Å². The number of hydrogen-bond acceptors (Lipinski definition) is 3. The largest absolute Gasteiger partial charge is 0.442 e. The van der Waals surface area contributed by atoms with Crippen molar-refractivity contribution in [3.05, 3.63) is 17.3 Å². The van der Waals surface area contributed by atoms with Crippen molar-refractivity contribution in [2.75, 3.05) is 0 Å². The van der Waals surface area contributed by atoms with Crippen LogP contribution in [0.25, 0.3) is 0 Å². The first-order valence-electron chi connectivity index (χ1n) is 7.04. The molecular weight excluding hydrogens is 271 g/mol. The standard InChI is InChI=1S/C14H20F3NO2/c1-3-11(19)12-8(2)18-13(20-12)9-4-6-10(7-5-9)14(15,16)17/h9-11,19H,3-7H2,1-2H3/t9-,10+,11?. The van der Waals surface area contributed by atoms with Crippen LogP contribution in [0.15, 0.2) is 4.42 Å². The highest BCUT2D eigenvalue weighted by atomic mass is 19.4. The van der Waals surface area contributed by atoms with E-state index in [-0.39, 0.29) is 18.8 Å². The van der Waals surface area contributed by atoms with Gasteiger partial charge in [-0.15, -0.1) is 0 Å². The molecule has 0 aliphatic heterocycles. The third kappa shape index (κ3) is 3.16. The Bertz CT molecular complexity index is 448. The molecule has 1 atom stereocenters. The van der Waals surface area contributed by atoms with Crippen LogP contribution < -0.4 is 0 Å². The number of aromatic nitrogens is 1. The number of alkyl halides is 3. The Morgan fingerprint density at radius 1 is 1.30 bits per heavy atom. The molecule has 1 aromatic rings. The molecule has 0 radical (unpaired) electrons. The Hall–Kier alpha value is -1.04. The zero-order chi connectivity index (χ0) is 14.9. The predicted octanol–water partition coefficient (Wildman–Crippen LogP) is 4.26. The summed E-state index contributed by atoms with van der Waals surface area (Å²) in [7, 11) is 0. The van der Waals surface area contributed by atoms with Crippen LogP contribution in [-0.2, 0) is 0 Å². The molecule has 1 aromatic heterocycles. The van der Waals surface area contributed by atoms with E-state index in [2.05, 4.69) is 4.98 Å². The van der Waals surface area contributed by atoms with Crippen molar-refractivity contribution < 1.29 is 22.7 Å². The SMILES string of the molecule is CCC(O)c1oc([C@H]2CC[C@@H](C(F)(F)F)CC2)nc1C. The van der Waals surface area contributed by atoms with Gasteiger partial charge in [-0.1, -0.05) is 6.92 Å². The summed E-state index contributed by atoms with van der Waals surface area (Å²) >= 11 is 0. The molecule has 1 fully saturated rings. The Kier molecular flexibility index (Phi) is 4.42. The van der Waals surface area contributed by atoms with Crippen LogP contribution in [0.4, 0.5) is 13.2 Å². The highest BCUT2D eigenvalue weighted by molar-refractivity contribution is 5.13. The van der Waals surface area contributed by atoms with Gasteiger partial charge in [-0.25, -0.2) is 4.98 Å². The maximum atomic E-state index is 12.6. The molecule has 1 saturated carbocycles. The fourth-order valence-corrected chi connectivity index (χ4v) is 2.77. The molecule has 114 valence electrons. The average molecular weight is 291 g/mol. The second-order valence-electron chi connectivity index (χ2n) is 5.52. The van der Waals surface area contributed by atoms with Gasteiger partial charge in [0.05, 0.1) is 11.6 Å². The quantitative estimate of drug-likeness (QED) is 0.905. The highest BCUT2D eigenvalue weighted by Gasteiger charge is 2.42. The van der Waals surface area contributed by atoms with Gasteiger partial charge in [-0.3, -0.25) is 0 Å². The fourth-order valence-electron chi connectivity index (χ4n) is 2.77. The molecular formula is C14H20F3NO2. The Labute approximate surface area is 116 Å². The number of oxazole rings is 1. The fraction of sp³-hybridized carbons (Fsp3) is 0.786. The van der Waals surface area contributed by atoms with Crippen molar-refractivity contribution in [3.8, 4) is 0 Å². The summed E-state index contributed by atoms with van der Waals surface area (Å²) in [6.07, 6.45) is -3.14. The van der Waals surface area contributed by atoms with Gasteiger partial charge in [-0.05, 0) is 39.0 Å². The molecule has 2 rings (SSSR count). The first-order valence-corrected chi connectivity index (χ1v) is 7.04. The van der Waals surface area contributed by atoms with E-state index in [1.54, 1.807) is 6.92 Å². The monoisotopic (exact) mass is 291 g/mol. The van der Waals surface area contributed by atoms with Gasteiger partial charge in [0.25, 0.3) is 0 Å². The Morgan fingerprint density at radius 2 is 1.90 bits per heavy atom. The second-order valence-corrected chi connectivity index (χ2v) is 5.52. The van der Waals surface area contributed by atoms with E-state index >= 15 is 0 Å². The van der Waals surface area contributed by atoms with Crippen molar-refractivity contribution in [1.82, 2.24) is 4.98 Å². The zero-order valence-electron chi connectivity index (χ0n) is 11.7. The third-order valence-corrected chi connectivity index (χ3v) is 4.08. The van der Waals surface area contributed by atoms with Crippen LogP contribution in [0.1, 0.15) is 68.4 Å². The van der Waals surface area contributed by atoms with Gasteiger partial charge in [0.1, 0.15) is 6.10 Å². The van der Waals surface area contributed by atoms with E-state index in [1.807, 2.05) is 6.92 Å². The van der Waals surface area contributed by atoms with Gasteiger partial charge in [0.2, 0.25) is 0 Å². The number of nitrogens with zero attached hydrogens (tertiary/aromatic N) is 1. The van der Waals surface area contributed by atoms with E-state index in [1.165, 1.54) is 0 Å². The lowest BCUT2D eigenvalue weighted by Gasteiger charge is -2.28. The third-order valence-electron chi connectivity index (χ3n) is 4.08. The van der Waals surface area contributed by atoms with Gasteiger partial charge >= 0.3 is 6.18 Å². The van der Waals surface area contributed by atoms with E-state index in [0.717, 1.165) is 0 Å². The molecule has 20 heavy (non-hydrogen) atoms. The summed E-state index contributed by atoms with van der Waals surface area (Å²) < 4.78 is 43.4. The molecule has 0 aromatic carbocycles. The van der Waals surface area contributed by atoms with Gasteiger partial charge in [0.15, 0.2) is 11.7 Å². The van der Waals surface area contributed by atoms with E-state index < -0.39 is 18.2 Å². The van der Waals surface area contributed by atoms with E-state index in [9.17, 15) is 18.3 Å². The topological polar surface area (TPSA) is 46.3 Å². The summed E-state index contributed by atoms with van der Waals surface area (Å²) in [4.78, 5) is 4.28. The van der Waals surface area contributed by atoms with E-state index in [4.69, 9.17) is 4.42 Å². The van der Waals surface area contributed by atoms with Crippen LogP contribution in [0.5, 0.6) is 0 Å². The van der Waals surface area contributed by atoms with Crippen molar-refractivity contribution in [2.45, 2.75) is 64.1 Å². The predicted molar refractivity (Wildman–Crippen MR) is 67.2 cm³/mol. The molecule has 1 N–H and O–H groups in total. The highest BCUT2D eigenvalue weighted by Crippen LogP contribution is 2.43. The molecule has 1 heterocycles. The number of aliphatic hydroxyl groups excluding tert-OH is 1. The Balaban J connectivity index is 2.04. The van der Waals surface area contributed by atoms with Gasteiger partial charge in [0, 0.05) is 5.92 Å². The molecule has 3 nitrogen and oxygen atoms in total. The molecule has 0 amide bonds. The number of hydrogen-bond donors (Lipinski definition) is 1. The van der Waals surface area contributed by atoms with Crippen LogP contribution in [0, 0.1) is 12.8 Å². The number of rotatable bonds is 3. The lowest BCUT2D eigenvalue weighted by molar-refractivity contribution is -0.182. The molecule has 1 aliphatic carbocycles. The first kappa shape index (κ1) is 15.4. The number of halogens is 3. The van der Waals surface area contributed by atoms with Crippen LogP contribution in [0.2, 0.25) is 0 Å². The molecule has 0 spiro atoms. The minimum atomic E-state index is -4.10. The first-order chi connectivity index (χ1) is 9.32. The molecule has 0 bridgehead atoms. The van der Waals surface area contributed by atoms with Gasteiger partial charge < -0.3 is 9.52 Å². The minimum Gasteiger partial charge on any atom is -0.442 e. The van der Waals surface area contributed by atoms with Gasteiger partial charge in [-0.2, -0.15) is 13.2 Å². The van der Waals surface area contributed by atoms with Crippen molar-refractivity contribution in [2.24, 2.45) is 5.92 Å². The summed E-state index contributed by atoms with van der Waals surface area (Å²) in [5.74, 6) is -0.341. The number of aryl methyl sites for hydroxylation is 1. The number of aliphatic hydroxyl groups is 1. The van der Waals surface area contributed by atoms with Crippen molar-refractivity contribution in [1.29, 1.82) is 0 Å². The lowest BCUT2D eigenvalue weighted by Crippen LogP contribution is -2.27. The lowest BCUT2D eigenvalue weighted by atomic mass is 9.81.